The molecule has 0 amide bonds. The van der Waals surface area contributed by atoms with Crippen LogP contribution in [0.4, 0.5) is 4.39 Å². The fourth-order valence-electron chi connectivity index (χ4n) is 14.9. The predicted octanol–water partition coefficient (Wildman–Crippen LogP) is 18.4. The molecule has 0 bridgehead atoms. The first-order valence-corrected chi connectivity index (χ1v) is 47.8. The summed E-state index contributed by atoms with van der Waals surface area (Å²) in [7, 11) is 6.54. The van der Waals surface area contributed by atoms with Crippen molar-refractivity contribution in [2.45, 2.75) is 224 Å². The Morgan fingerprint density at radius 1 is 0.340 bits per heavy atom. The first-order chi connectivity index (χ1) is 68.5. The van der Waals surface area contributed by atoms with Gasteiger partial charge in [-0.3, -0.25) is 38.4 Å². The van der Waals surface area contributed by atoms with Gasteiger partial charge in [-0.1, -0.05) is 141 Å². The third-order valence-corrected chi connectivity index (χ3v) is 24.5. The summed E-state index contributed by atoms with van der Waals surface area (Å²) in [5.41, 5.74) is -2.92. The molecule has 8 aromatic carbocycles. The van der Waals surface area contributed by atoms with E-state index in [2.05, 4.69) is 30.4 Å². The van der Waals surface area contributed by atoms with Crippen LogP contribution in [0.1, 0.15) is 196 Å². The van der Waals surface area contributed by atoms with E-state index < -0.39 is 113 Å². The standard InChI is InChI=1S/C15H18FNO3.C14H16ClNO3.C14H17NO3.C13H15ClN2O4.C13H16N2O4.3C12H13ClN2O3/c1-5-17-7-8(15(2,3)4)13(19)11-9(17)6-10(18)14(20)12(11)16;1-14(2,3)7-6-16(4)8-5-9(17)13(19)11(15)10(8)12(7)18;1-14(2,3)9-7-15(4)10-6-12(17)11(16)5-8(10)13(9)18;1-13(2,3)20-11-6-5-7(17)10(18)9(14)8(6)12(19)16(4)15-11;1-13(2,3)19-11-7-5-9(16)10(17)6-8(7)12(18)15(4)14-11;1-12(2,3)15-11(18)6-4-8(16)10(17)9(13)7(6)5-14-15;1-12(2,3)15-11(18)8-6(5-14-15)4-7(16)10(17)9(8)13;1-12(2,3)11-14-8-5(10(18)15-11)4-6(16)9(17)7(8)13/h6-7,18,20H,5H2,1-4H3;5-6,17,19H,1-4H3;5-7,16-17H,1-4H3;5,17-18H,1-4H3;5-6,16-17H,1-4H3;2*4-5,16-17H,1-3H3;4,16-17H,1-3H3,(H,14,15,18). The number of rotatable bonds is 3. The largest absolute Gasteiger partial charge is 0.504 e. The molecular weight excluding hydrogens is 2060 g/mol. The molecule has 16 aromatic rings. The van der Waals surface area contributed by atoms with Crippen LogP contribution >= 0.6 is 58.0 Å². The number of nitrogens with one attached hydrogen (secondary N) is 1. The fraction of sp³-hybridized carbons (Fsp3) is 0.362. The molecule has 0 aliphatic carbocycles. The molecule has 0 aliphatic rings. The highest BCUT2D eigenvalue weighted by molar-refractivity contribution is 6.39. The Morgan fingerprint density at radius 2 is 0.700 bits per heavy atom. The number of benzene rings is 8. The minimum Gasteiger partial charge on any atom is -0.504 e. The third kappa shape index (κ3) is 25.2. The van der Waals surface area contributed by atoms with Crippen molar-refractivity contribution in [3.63, 3.8) is 0 Å². The van der Waals surface area contributed by atoms with Crippen LogP contribution in [0, 0.1) is 5.82 Å². The van der Waals surface area contributed by atoms with Gasteiger partial charge in [-0.05, 0) is 149 Å². The van der Waals surface area contributed by atoms with Crippen LogP contribution in [-0.2, 0) is 67.5 Å². The topological polar surface area (TPSA) is 593 Å². The van der Waals surface area contributed by atoms with E-state index in [9.17, 15) is 124 Å². The molecule has 8 heterocycles. The molecule has 8 aromatic heterocycles. The number of phenols is 16. The number of aromatic hydroxyl groups is 16. The normalized spacial score (nSPS) is 12.0. The summed E-state index contributed by atoms with van der Waals surface area (Å²) >= 11 is 29.6. The van der Waals surface area contributed by atoms with Crippen molar-refractivity contribution < 1.29 is 95.6 Å². The average Bonchev–Trinajstić information content (AvgIpc) is 0.755. The van der Waals surface area contributed by atoms with E-state index in [1.165, 1.54) is 90.4 Å². The molecule has 17 N–H and O–H groups in total. The lowest BCUT2D eigenvalue weighted by atomic mass is 9.87. The number of ether oxygens (including phenoxy) is 2. The molecule has 150 heavy (non-hydrogen) atoms. The molecule has 39 nitrogen and oxygen atoms in total. The summed E-state index contributed by atoms with van der Waals surface area (Å²) < 4.78 is 35.6. The van der Waals surface area contributed by atoms with E-state index in [-0.39, 0.29) is 164 Å². The van der Waals surface area contributed by atoms with Crippen molar-refractivity contribution in [3.8, 4) is 104 Å². The zero-order valence-electron chi connectivity index (χ0n) is 87.7. The Labute approximate surface area is 880 Å². The summed E-state index contributed by atoms with van der Waals surface area (Å²) in [6.07, 6.45) is 8.04. The summed E-state index contributed by atoms with van der Waals surface area (Å²) in [5.74, 6) is -7.24. The van der Waals surface area contributed by atoms with Crippen LogP contribution in [0.15, 0.2) is 130 Å². The van der Waals surface area contributed by atoms with E-state index >= 15 is 0 Å². The molecule has 0 atom stereocenters. The highest BCUT2D eigenvalue weighted by Gasteiger charge is 2.32. The van der Waals surface area contributed by atoms with Crippen LogP contribution in [-0.4, -0.2) is 156 Å². The molecule has 45 heteroatoms. The molecule has 16 rings (SSSR count). The van der Waals surface area contributed by atoms with E-state index in [0.717, 1.165) is 15.4 Å². The van der Waals surface area contributed by atoms with E-state index in [4.69, 9.17) is 67.5 Å². The number of hydrogen-bond acceptors (Lipinski definition) is 31. The van der Waals surface area contributed by atoms with E-state index in [1.807, 2.05) is 180 Å². The van der Waals surface area contributed by atoms with Crippen LogP contribution in [0.5, 0.6) is 104 Å². The van der Waals surface area contributed by atoms with Crippen molar-refractivity contribution in [3.05, 3.63) is 228 Å². The Morgan fingerprint density at radius 3 is 1.19 bits per heavy atom. The second-order valence-corrected chi connectivity index (χ2v) is 45.0. The number of pyridine rings is 3. The zero-order valence-corrected chi connectivity index (χ0v) is 91.5. The molecule has 0 saturated carbocycles. The van der Waals surface area contributed by atoms with Crippen molar-refractivity contribution in [2.75, 3.05) is 0 Å². The minimum atomic E-state index is -1.07. The van der Waals surface area contributed by atoms with Gasteiger partial charge < -0.3 is 110 Å². The first-order valence-electron chi connectivity index (χ1n) is 45.9. The lowest BCUT2D eigenvalue weighted by molar-refractivity contribution is 0.123. The van der Waals surface area contributed by atoms with Crippen LogP contribution in [0.25, 0.3) is 86.7 Å². The van der Waals surface area contributed by atoms with E-state index in [0.29, 0.717) is 61.6 Å². The van der Waals surface area contributed by atoms with Gasteiger partial charge in [0.2, 0.25) is 11.8 Å². The molecular formula is C105H121Cl5FN13O26. The molecule has 0 fully saturated rings. The molecule has 804 valence electrons. The number of aromatic amines is 1. The fourth-order valence-corrected chi connectivity index (χ4v) is 16.2. The Bertz CT molecular complexity index is 8620. The molecule has 0 radical (unpaired) electrons. The number of aromatic nitrogens is 13. The average molecular weight is 2180 g/mol. The zero-order chi connectivity index (χ0) is 114. The predicted molar refractivity (Wildman–Crippen MR) is 578 cm³/mol. The van der Waals surface area contributed by atoms with Crippen molar-refractivity contribution >= 4 is 145 Å². The summed E-state index contributed by atoms with van der Waals surface area (Å²) in [6, 6.07) is 12.6. The van der Waals surface area contributed by atoms with Crippen molar-refractivity contribution in [1.29, 1.82) is 0 Å². The maximum Gasteiger partial charge on any atom is 0.276 e. The van der Waals surface area contributed by atoms with Gasteiger partial charge in [0.1, 0.15) is 27.6 Å². The second kappa shape index (κ2) is 43.2. The minimum absolute atomic E-state index is 0.0544. The molecule has 0 aliphatic heterocycles. The number of nitrogens with zero attached hydrogens (tertiary/aromatic N) is 12. The van der Waals surface area contributed by atoms with Gasteiger partial charge >= 0.3 is 0 Å². The smallest absolute Gasteiger partial charge is 0.276 e. The van der Waals surface area contributed by atoms with Gasteiger partial charge in [0.15, 0.2) is 114 Å². The summed E-state index contributed by atoms with van der Waals surface area (Å²) in [5, 5.41) is 171. The highest BCUT2D eigenvalue weighted by atomic mass is 35.5. The molecule has 0 saturated heterocycles. The number of hydrogen-bond donors (Lipinski definition) is 17. The van der Waals surface area contributed by atoms with Crippen LogP contribution in [0.3, 0.4) is 0 Å². The van der Waals surface area contributed by atoms with Crippen LogP contribution in [0.2, 0.25) is 25.1 Å². The van der Waals surface area contributed by atoms with Gasteiger partial charge in [0.25, 0.3) is 27.8 Å². The van der Waals surface area contributed by atoms with Gasteiger partial charge in [-0.25, -0.2) is 28.1 Å². The number of H-pyrrole nitrogens is 1. The Balaban J connectivity index is 0.000000190. The SMILES string of the molecule is CC(C)(C)c1nc2c(Cl)c(O)c(O)cc2c(=O)[nH]1.CC(C)(C)n1ncc2c(Cl)c(O)c(O)cc2c1=O.CC(C)(C)n1ncc2cc(O)c(O)c(Cl)c2c1=O.CCn1cc(C(C)(C)C)c(=O)c2c(F)c(O)c(O)cc21.Cn1cc(C(C)(C)C)c(=O)c2c(Cl)c(O)c(O)cc21.Cn1cc(C(C)(C)C)c(=O)c2cc(O)c(O)cc21.Cn1nc(OC(C)(C)C)c2cc(O)c(O)c(Cl)c2c1=O.Cn1nc(OC(C)(C)C)c2cc(O)c(O)cc2c1=O. The quantitative estimate of drug-likeness (QED) is 0.0731. The summed E-state index contributed by atoms with van der Waals surface area (Å²) in [4.78, 5) is 105. The maximum absolute atomic E-state index is 14.2. The van der Waals surface area contributed by atoms with E-state index in [1.54, 1.807) is 39.3 Å². The van der Waals surface area contributed by atoms with Gasteiger partial charge in [0, 0.05) is 110 Å². The van der Waals surface area contributed by atoms with Gasteiger partial charge in [-0.15, -0.1) is 10.2 Å². The van der Waals surface area contributed by atoms with Gasteiger partial charge in [-0.2, -0.15) is 10.2 Å². The van der Waals surface area contributed by atoms with Gasteiger partial charge in [0.05, 0.1) is 109 Å². The Kier molecular flexibility index (Phi) is 34.1. The lowest BCUT2D eigenvalue weighted by Gasteiger charge is -2.22. The number of aryl methyl sites for hydroxylation is 5. The number of halogens is 6. The summed E-state index contributed by atoms with van der Waals surface area (Å²) in [6.45, 7) is 47.4. The van der Waals surface area contributed by atoms with Crippen molar-refractivity contribution in [1.82, 2.24) is 62.8 Å². The Hall–Kier alpha value is -15.1. The highest BCUT2D eigenvalue weighted by Crippen LogP contribution is 2.46. The van der Waals surface area contributed by atoms with Crippen LogP contribution < -0.4 is 53.6 Å². The number of phenolic OH excluding ortho intramolecular Hbond substituents is 16. The molecule has 0 spiro atoms. The third-order valence-electron chi connectivity index (χ3n) is 22.6. The first kappa shape index (κ1) is 118. The number of fused-ring (bicyclic) bond motifs is 8. The van der Waals surface area contributed by atoms with Crippen molar-refractivity contribution in [2.24, 2.45) is 28.2 Å². The molecule has 0 unspecified atom stereocenters. The monoisotopic (exact) mass is 2170 g/mol. The lowest BCUT2D eigenvalue weighted by Crippen LogP contribution is -2.35. The maximum atomic E-state index is 14.2. The second-order valence-electron chi connectivity index (χ2n) is 43.1.